The highest BCUT2D eigenvalue weighted by atomic mass is 32.1. The van der Waals surface area contributed by atoms with Crippen molar-refractivity contribution >= 4 is 22.2 Å². The zero-order valence-corrected chi connectivity index (χ0v) is 11.7. The first-order valence-electron chi connectivity index (χ1n) is 6.93. The molecule has 2 fully saturated rings. The van der Waals surface area contributed by atoms with Crippen LogP contribution in [0.4, 0.5) is 0 Å². The van der Waals surface area contributed by atoms with E-state index in [4.69, 9.17) is 0 Å². The minimum Gasteiger partial charge on any atom is -0.342 e. The van der Waals surface area contributed by atoms with E-state index < -0.39 is 0 Å². The number of carbonyl (C=O) groups is 1. The number of amides is 1. The summed E-state index contributed by atoms with van der Waals surface area (Å²) in [5.41, 5.74) is 1.39. The van der Waals surface area contributed by atoms with Gasteiger partial charge in [-0.3, -0.25) is 9.20 Å². The maximum Gasteiger partial charge on any atom is 0.228 e. The molecule has 1 aliphatic carbocycles. The Morgan fingerprint density at radius 1 is 1.42 bits per heavy atom. The molecule has 1 aliphatic heterocycles. The van der Waals surface area contributed by atoms with Crippen molar-refractivity contribution < 1.29 is 4.79 Å². The Labute approximate surface area is 116 Å². The normalized spacial score (nSPS) is 21.2. The number of rotatable bonds is 2. The molecule has 0 atom stereocenters. The van der Waals surface area contributed by atoms with Crippen LogP contribution in [0.15, 0.2) is 17.8 Å². The number of hydrogen-bond acceptors (Lipinski definition) is 3. The topological polar surface area (TPSA) is 37.6 Å². The molecule has 0 bridgehead atoms. The minimum absolute atomic E-state index is 0.245. The maximum atomic E-state index is 12.3. The quantitative estimate of drug-likeness (QED) is 0.843. The van der Waals surface area contributed by atoms with Crippen molar-refractivity contribution in [2.75, 3.05) is 13.1 Å². The second-order valence-electron chi connectivity index (χ2n) is 5.92. The summed E-state index contributed by atoms with van der Waals surface area (Å²) in [6.45, 7) is 1.93. The Morgan fingerprint density at radius 2 is 2.32 bits per heavy atom. The Morgan fingerprint density at radius 3 is 3.00 bits per heavy atom. The van der Waals surface area contributed by atoms with Crippen LogP contribution in [0.25, 0.3) is 4.96 Å². The minimum atomic E-state index is 0.245. The average molecular weight is 275 g/mol. The molecule has 0 unspecified atom stereocenters. The molecule has 19 heavy (non-hydrogen) atoms. The molecule has 0 N–H and O–H groups in total. The Bertz CT molecular complexity index is 597. The molecule has 100 valence electrons. The number of carbonyl (C=O) groups excluding carboxylic acids is 1. The van der Waals surface area contributed by atoms with Crippen LogP contribution in [0, 0.1) is 5.41 Å². The van der Waals surface area contributed by atoms with Gasteiger partial charge in [0.1, 0.15) is 0 Å². The summed E-state index contributed by atoms with van der Waals surface area (Å²) in [5.74, 6) is 0.245. The summed E-state index contributed by atoms with van der Waals surface area (Å²) in [6.07, 6.45) is 9.59. The summed E-state index contributed by atoms with van der Waals surface area (Å²) >= 11 is 1.61. The molecular weight excluding hydrogens is 258 g/mol. The van der Waals surface area contributed by atoms with Gasteiger partial charge in [-0.2, -0.15) is 0 Å². The van der Waals surface area contributed by atoms with Gasteiger partial charge in [0.25, 0.3) is 0 Å². The average Bonchev–Trinajstić information content (AvgIpc) is 2.99. The van der Waals surface area contributed by atoms with E-state index >= 15 is 0 Å². The summed E-state index contributed by atoms with van der Waals surface area (Å²) < 4.78 is 1.99. The van der Waals surface area contributed by atoms with Gasteiger partial charge in [-0.25, -0.2) is 4.98 Å². The predicted octanol–water partition coefficient (Wildman–Crippen LogP) is 2.34. The summed E-state index contributed by atoms with van der Waals surface area (Å²) in [5, 5.41) is 2.01. The van der Waals surface area contributed by atoms with Crippen molar-refractivity contribution in [2.45, 2.75) is 32.1 Å². The molecule has 4 rings (SSSR count). The molecule has 2 aliphatic rings. The van der Waals surface area contributed by atoms with Gasteiger partial charge in [-0.1, -0.05) is 6.42 Å². The number of thiazole rings is 1. The molecule has 1 spiro atoms. The van der Waals surface area contributed by atoms with Crippen molar-refractivity contribution in [2.24, 2.45) is 5.41 Å². The first-order chi connectivity index (χ1) is 9.24. The number of imidazole rings is 1. The van der Waals surface area contributed by atoms with Gasteiger partial charge in [-0.05, 0) is 24.7 Å². The first-order valence-corrected chi connectivity index (χ1v) is 7.81. The fraction of sp³-hybridized carbons (Fsp3) is 0.571. The zero-order valence-electron chi connectivity index (χ0n) is 10.8. The Hall–Kier alpha value is -1.36. The highest BCUT2D eigenvalue weighted by molar-refractivity contribution is 7.15. The van der Waals surface area contributed by atoms with Gasteiger partial charge in [0.2, 0.25) is 5.91 Å². The fourth-order valence-corrected chi connectivity index (χ4v) is 4.08. The largest absolute Gasteiger partial charge is 0.342 e. The smallest absolute Gasteiger partial charge is 0.228 e. The number of nitrogens with zero attached hydrogens (tertiary/aromatic N) is 3. The molecule has 2 aromatic heterocycles. The highest BCUT2D eigenvalue weighted by Crippen LogP contribution is 2.47. The number of fused-ring (bicyclic) bond motifs is 1. The van der Waals surface area contributed by atoms with Crippen LogP contribution in [-0.4, -0.2) is 33.3 Å². The number of hydrogen-bond donors (Lipinski definition) is 0. The van der Waals surface area contributed by atoms with Crippen molar-refractivity contribution in [1.82, 2.24) is 14.3 Å². The lowest BCUT2D eigenvalue weighted by atomic mass is 9.68. The van der Waals surface area contributed by atoms with Crippen molar-refractivity contribution in [3.8, 4) is 0 Å². The molecule has 2 aromatic rings. The molecule has 1 saturated carbocycles. The lowest BCUT2D eigenvalue weighted by Crippen LogP contribution is -2.36. The summed E-state index contributed by atoms with van der Waals surface area (Å²) in [6, 6.07) is 0. The Kier molecular flexibility index (Phi) is 2.45. The second-order valence-corrected chi connectivity index (χ2v) is 6.79. The molecule has 1 amide bonds. The summed E-state index contributed by atoms with van der Waals surface area (Å²) in [7, 11) is 0. The van der Waals surface area contributed by atoms with E-state index in [-0.39, 0.29) is 5.91 Å². The monoisotopic (exact) mass is 275 g/mol. The molecule has 4 nitrogen and oxygen atoms in total. The van der Waals surface area contributed by atoms with Gasteiger partial charge in [0.15, 0.2) is 4.96 Å². The number of likely N-dealkylation sites (tertiary alicyclic amines) is 1. The van der Waals surface area contributed by atoms with Gasteiger partial charge in [-0.15, -0.1) is 11.3 Å². The lowest BCUT2D eigenvalue weighted by molar-refractivity contribution is -0.130. The fourth-order valence-electron chi connectivity index (χ4n) is 3.36. The van der Waals surface area contributed by atoms with E-state index in [2.05, 4.69) is 4.98 Å². The van der Waals surface area contributed by atoms with E-state index in [0.29, 0.717) is 11.8 Å². The highest BCUT2D eigenvalue weighted by Gasteiger charge is 2.43. The lowest BCUT2D eigenvalue weighted by Gasteiger charge is -2.37. The van der Waals surface area contributed by atoms with E-state index in [9.17, 15) is 4.79 Å². The third-order valence-electron chi connectivity index (χ3n) is 4.68. The van der Waals surface area contributed by atoms with Crippen molar-refractivity contribution in [1.29, 1.82) is 0 Å². The third-order valence-corrected chi connectivity index (χ3v) is 5.45. The van der Waals surface area contributed by atoms with Gasteiger partial charge < -0.3 is 4.90 Å². The van der Waals surface area contributed by atoms with Crippen LogP contribution in [0.5, 0.6) is 0 Å². The summed E-state index contributed by atoms with van der Waals surface area (Å²) in [4.78, 5) is 19.8. The maximum absolute atomic E-state index is 12.3. The molecule has 5 heteroatoms. The van der Waals surface area contributed by atoms with Crippen LogP contribution < -0.4 is 0 Å². The van der Waals surface area contributed by atoms with E-state index in [1.807, 2.05) is 27.1 Å². The van der Waals surface area contributed by atoms with Gasteiger partial charge >= 0.3 is 0 Å². The van der Waals surface area contributed by atoms with Crippen LogP contribution in [0.3, 0.4) is 0 Å². The van der Waals surface area contributed by atoms with E-state index in [0.717, 1.165) is 23.7 Å². The van der Waals surface area contributed by atoms with Crippen molar-refractivity contribution in [3.63, 3.8) is 0 Å². The van der Waals surface area contributed by atoms with Crippen LogP contribution in [0.2, 0.25) is 0 Å². The zero-order chi connectivity index (χ0) is 12.9. The van der Waals surface area contributed by atoms with Crippen molar-refractivity contribution in [3.05, 3.63) is 23.5 Å². The SMILES string of the molecule is O=C(Cc1cn2ccsc2n1)N1CCC2(CCC2)C1. The van der Waals surface area contributed by atoms with Gasteiger partial charge in [0.05, 0.1) is 12.1 Å². The standard InChI is InChI=1S/C14H17N3OS/c18-12(17-5-4-14(10-17)2-1-3-14)8-11-9-16-6-7-19-13(16)15-11/h6-7,9H,1-5,8,10H2. The third kappa shape index (κ3) is 1.87. The van der Waals surface area contributed by atoms with E-state index in [1.165, 1.54) is 25.7 Å². The second kappa shape index (κ2) is 4.07. The first kappa shape index (κ1) is 11.5. The molecule has 1 saturated heterocycles. The molecule has 0 radical (unpaired) electrons. The van der Waals surface area contributed by atoms with Crippen LogP contribution >= 0.6 is 11.3 Å². The van der Waals surface area contributed by atoms with Crippen LogP contribution in [-0.2, 0) is 11.2 Å². The van der Waals surface area contributed by atoms with E-state index in [1.54, 1.807) is 11.3 Å². The Balaban J connectivity index is 1.45. The predicted molar refractivity (Wildman–Crippen MR) is 74.3 cm³/mol. The molecule has 0 aromatic carbocycles. The van der Waals surface area contributed by atoms with Crippen LogP contribution in [0.1, 0.15) is 31.4 Å². The molecule has 3 heterocycles. The van der Waals surface area contributed by atoms with Gasteiger partial charge in [0, 0.05) is 30.9 Å². The number of aromatic nitrogens is 2. The molecular formula is C14H17N3OS.